The van der Waals surface area contributed by atoms with E-state index in [1.165, 1.54) is 18.3 Å². The molecule has 4 N–H and O–H groups in total. The summed E-state index contributed by atoms with van der Waals surface area (Å²) in [5, 5.41) is 6.11. The second-order valence-electron chi connectivity index (χ2n) is 7.07. The topological polar surface area (TPSA) is 158 Å². The number of alkyl halides is 3. The Morgan fingerprint density at radius 3 is 2.46 bits per heavy atom. The van der Waals surface area contributed by atoms with E-state index in [9.17, 15) is 36.0 Å². The van der Waals surface area contributed by atoms with Gasteiger partial charge in [0.15, 0.2) is 0 Å². The van der Waals surface area contributed by atoms with Crippen molar-refractivity contribution in [1.82, 2.24) is 10.3 Å². The molecule has 0 aliphatic heterocycles. The molecule has 0 unspecified atom stereocenters. The molecular weight excluding hydrogens is 493 g/mol. The van der Waals surface area contributed by atoms with Crippen LogP contribution in [0.5, 0.6) is 0 Å². The summed E-state index contributed by atoms with van der Waals surface area (Å²) in [5.74, 6) is -0.986. The quantitative estimate of drug-likeness (QED) is 0.340. The van der Waals surface area contributed by atoms with Gasteiger partial charge in [-0.15, -0.1) is 0 Å². The van der Waals surface area contributed by atoms with Gasteiger partial charge in [-0.2, -0.15) is 13.2 Å². The minimum atomic E-state index is -5.54. The highest BCUT2D eigenvalue weighted by atomic mass is 32.2. The van der Waals surface area contributed by atoms with Crippen LogP contribution >= 0.6 is 0 Å². The lowest BCUT2D eigenvalue weighted by atomic mass is 10.1. The van der Waals surface area contributed by atoms with Crippen LogP contribution in [-0.4, -0.2) is 43.5 Å². The first-order valence-corrected chi connectivity index (χ1v) is 11.2. The van der Waals surface area contributed by atoms with Gasteiger partial charge >= 0.3 is 23.6 Å². The Labute approximate surface area is 196 Å². The van der Waals surface area contributed by atoms with E-state index in [2.05, 4.69) is 20.4 Å². The van der Waals surface area contributed by atoms with Crippen molar-refractivity contribution in [3.05, 3.63) is 66.0 Å². The van der Waals surface area contributed by atoms with Crippen LogP contribution in [0, 0.1) is 0 Å². The maximum absolute atomic E-state index is 12.7. The maximum Gasteiger partial charge on any atom is 0.501 e. The van der Waals surface area contributed by atoms with E-state index in [4.69, 9.17) is 5.73 Å². The molecule has 184 valence electrons. The SMILES string of the molecule is NC(=O)OC(=O)c1cc2ccc(CCNC(=O)Nc3cccc(S(=O)(=O)C(F)(F)F)c3)cc2cn1. The number of sulfone groups is 1. The average molecular weight is 510 g/mol. The molecule has 0 saturated heterocycles. The van der Waals surface area contributed by atoms with Crippen LogP contribution in [0.2, 0.25) is 0 Å². The summed E-state index contributed by atoms with van der Waals surface area (Å²) in [6, 6.07) is 9.69. The number of pyridine rings is 1. The third-order valence-electron chi connectivity index (χ3n) is 4.59. The molecule has 3 amide bonds. The number of hydrogen-bond donors (Lipinski definition) is 3. The average Bonchev–Trinajstić information content (AvgIpc) is 2.77. The number of carbonyl (C=O) groups excluding carboxylic acids is 3. The molecule has 2 aromatic carbocycles. The fraction of sp³-hybridized carbons (Fsp3) is 0.143. The first kappa shape index (κ1) is 25.4. The number of aromatic nitrogens is 1. The number of nitrogens with one attached hydrogen (secondary N) is 2. The number of halogens is 3. The lowest BCUT2D eigenvalue weighted by Crippen LogP contribution is -2.30. The number of primary amides is 1. The molecular formula is C21H17F3N4O6S. The van der Waals surface area contributed by atoms with Crippen LogP contribution in [0.15, 0.2) is 59.6 Å². The Bertz CT molecular complexity index is 1410. The fourth-order valence-corrected chi connectivity index (χ4v) is 3.78. The van der Waals surface area contributed by atoms with Crippen molar-refractivity contribution in [3.63, 3.8) is 0 Å². The summed E-state index contributed by atoms with van der Waals surface area (Å²) in [6.07, 6.45) is 0.526. The van der Waals surface area contributed by atoms with Gasteiger partial charge in [-0.25, -0.2) is 27.8 Å². The second kappa shape index (κ2) is 9.97. The molecule has 0 aliphatic carbocycles. The summed E-state index contributed by atoms with van der Waals surface area (Å²) < 4.78 is 65.4. The van der Waals surface area contributed by atoms with E-state index in [1.54, 1.807) is 18.2 Å². The van der Waals surface area contributed by atoms with Gasteiger partial charge in [0.05, 0.1) is 4.90 Å². The highest BCUT2D eigenvalue weighted by molar-refractivity contribution is 7.92. The van der Waals surface area contributed by atoms with E-state index in [0.717, 1.165) is 17.7 Å². The van der Waals surface area contributed by atoms with Crippen LogP contribution < -0.4 is 16.4 Å². The number of nitrogens with two attached hydrogens (primary N) is 1. The Morgan fingerprint density at radius 2 is 1.77 bits per heavy atom. The van der Waals surface area contributed by atoms with Crippen LogP contribution in [0.1, 0.15) is 16.1 Å². The molecule has 14 heteroatoms. The van der Waals surface area contributed by atoms with Crippen LogP contribution in [0.25, 0.3) is 10.8 Å². The standard InChI is InChI=1S/C21H17F3N4O6S/c22-21(23,24)35(32,33)16-3-1-2-15(10-16)28-20(31)26-7-6-12-4-5-13-9-17(18(29)34-19(25)30)27-11-14(13)8-12/h1-5,8-11H,6-7H2,(H2,25,30)(H2,26,28,31). The van der Waals surface area contributed by atoms with Crippen LogP contribution in [0.3, 0.4) is 0 Å². The van der Waals surface area contributed by atoms with Gasteiger partial charge < -0.3 is 21.1 Å². The summed E-state index contributed by atoms with van der Waals surface area (Å²) in [7, 11) is -5.54. The predicted molar refractivity (Wildman–Crippen MR) is 117 cm³/mol. The summed E-state index contributed by atoms with van der Waals surface area (Å²) in [6.45, 7) is 0.147. The van der Waals surface area contributed by atoms with Crippen molar-refractivity contribution < 1.29 is 40.7 Å². The number of amides is 3. The number of esters is 1. The Balaban J connectivity index is 1.59. The van der Waals surface area contributed by atoms with E-state index in [-0.39, 0.29) is 17.9 Å². The van der Waals surface area contributed by atoms with Crippen LogP contribution in [0.4, 0.5) is 28.4 Å². The largest absolute Gasteiger partial charge is 0.501 e. The molecule has 3 aromatic rings. The van der Waals surface area contributed by atoms with Gasteiger partial charge in [-0.05, 0) is 47.7 Å². The smallest absolute Gasteiger partial charge is 0.372 e. The summed E-state index contributed by atoms with van der Waals surface area (Å²) in [5.41, 5.74) is -0.0916. The number of rotatable bonds is 6. The molecule has 0 spiro atoms. The third-order valence-corrected chi connectivity index (χ3v) is 6.08. The Hall–Kier alpha value is -4.20. The fourth-order valence-electron chi connectivity index (χ4n) is 2.97. The molecule has 35 heavy (non-hydrogen) atoms. The van der Waals surface area contributed by atoms with Gasteiger partial charge in [0.1, 0.15) is 5.69 Å². The Kier molecular flexibility index (Phi) is 7.24. The number of urea groups is 1. The van der Waals surface area contributed by atoms with Crippen LogP contribution in [-0.2, 0) is 21.0 Å². The highest BCUT2D eigenvalue weighted by Crippen LogP contribution is 2.31. The van der Waals surface area contributed by atoms with Gasteiger partial charge in [-0.1, -0.05) is 18.2 Å². The molecule has 0 bridgehead atoms. The van der Waals surface area contributed by atoms with Crippen molar-refractivity contribution in [2.24, 2.45) is 5.73 Å². The Morgan fingerprint density at radius 1 is 1.03 bits per heavy atom. The first-order valence-electron chi connectivity index (χ1n) is 9.73. The van der Waals surface area contributed by atoms with Crippen molar-refractivity contribution in [2.75, 3.05) is 11.9 Å². The molecule has 10 nitrogen and oxygen atoms in total. The molecule has 0 fully saturated rings. The zero-order chi connectivity index (χ0) is 25.8. The number of benzene rings is 2. The molecule has 3 rings (SSSR count). The van der Waals surface area contributed by atoms with E-state index in [1.807, 2.05) is 0 Å². The normalized spacial score (nSPS) is 11.6. The second-order valence-corrected chi connectivity index (χ2v) is 9.01. The number of nitrogens with zero attached hydrogens (tertiary/aromatic N) is 1. The van der Waals surface area contributed by atoms with Crippen molar-refractivity contribution in [2.45, 2.75) is 16.8 Å². The monoisotopic (exact) mass is 510 g/mol. The van der Waals surface area contributed by atoms with E-state index < -0.39 is 38.3 Å². The molecule has 0 atom stereocenters. The number of hydrogen-bond acceptors (Lipinski definition) is 7. The van der Waals surface area contributed by atoms with Crippen molar-refractivity contribution in [3.8, 4) is 0 Å². The molecule has 0 radical (unpaired) electrons. The maximum atomic E-state index is 12.7. The molecule has 1 heterocycles. The van der Waals surface area contributed by atoms with Gasteiger partial charge in [0.2, 0.25) is 0 Å². The summed E-state index contributed by atoms with van der Waals surface area (Å²) >= 11 is 0. The number of fused-ring (bicyclic) bond motifs is 1. The minimum absolute atomic E-state index is 0.102. The van der Waals surface area contributed by atoms with Crippen molar-refractivity contribution >= 4 is 44.4 Å². The first-order chi connectivity index (χ1) is 16.4. The predicted octanol–water partition coefficient (Wildman–Crippen LogP) is 3.13. The van der Waals surface area contributed by atoms with E-state index >= 15 is 0 Å². The molecule has 0 aliphatic rings. The van der Waals surface area contributed by atoms with E-state index in [0.29, 0.717) is 23.3 Å². The summed E-state index contributed by atoms with van der Waals surface area (Å²) in [4.78, 5) is 37.4. The van der Waals surface area contributed by atoms with Gasteiger partial charge in [0.25, 0.3) is 9.84 Å². The molecule has 1 aromatic heterocycles. The molecule has 0 saturated carbocycles. The number of carbonyl (C=O) groups is 3. The van der Waals surface area contributed by atoms with Gasteiger partial charge in [0, 0.05) is 23.8 Å². The van der Waals surface area contributed by atoms with Gasteiger partial charge in [-0.3, -0.25) is 0 Å². The third kappa shape index (κ3) is 6.23. The number of anilines is 1. The lowest BCUT2D eigenvalue weighted by molar-refractivity contribution is -0.0436. The lowest BCUT2D eigenvalue weighted by Gasteiger charge is -2.11. The van der Waals surface area contributed by atoms with Crippen molar-refractivity contribution in [1.29, 1.82) is 0 Å². The zero-order valence-corrected chi connectivity index (χ0v) is 18.4. The minimum Gasteiger partial charge on any atom is -0.372 e. The zero-order valence-electron chi connectivity index (χ0n) is 17.6. The highest BCUT2D eigenvalue weighted by Gasteiger charge is 2.46. The number of ether oxygens (including phenoxy) is 1.